The van der Waals surface area contributed by atoms with Crippen LogP contribution in [-0.4, -0.2) is 41.5 Å². The van der Waals surface area contributed by atoms with Crippen LogP contribution in [0.3, 0.4) is 0 Å². The number of ether oxygens (including phenoxy) is 1. The monoisotopic (exact) mass is 386 g/mol. The molecule has 0 aliphatic carbocycles. The van der Waals surface area contributed by atoms with Gasteiger partial charge in [-0.15, -0.1) is 11.3 Å². The predicted molar refractivity (Wildman–Crippen MR) is 100 cm³/mol. The number of thiophene rings is 1. The summed E-state index contributed by atoms with van der Waals surface area (Å²) in [4.78, 5) is 39.2. The number of aromatic nitrogens is 1. The summed E-state index contributed by atoms with van der Waals surface area (Å²) in [7, 11) is 1.31. The lowest BCUT2D eigenvalue weighted by molar-refractivity contribution is 0.0600. The molecule has 1 fully saturated rings. The molecule has 0 atom stereocenters. The number of likely N-dealkylation sites (tertiary alicyclic amines) is 1. The first-order valence-corrected chi connectivity index (χ1v) is 9.52. The number of fused-ring (bicyclic) bond motifs is 1. The first-order chi connectivity index (χ1) is 13.1. The quantitative estimate of drug-likeness (QED) is 0.647. The average molecular weight is 386 g/mol. The number of nitrogens with zero attached hydrogens (tertiary/aromatic N) is 2. The number of hydrogen-bond donors (Lipinski definition) is 0. The van der Waals surface area contributed by atoms with Crippen molar-refractivity contribution in [1.82, 2.24) is 9.47 Å². The Morgan fingerprint density at radius 3 is 2.67 bits per heavy atom. The van der Waals surface area contributed by atoms with Crippen molar-refractivity contribution in [3.63, 3.8) is 0 Å². The molecule has 0 spiro atoms. The third-order valence-electron chi connectivity index (χ3n) is 4.88. The number of rotatable bonds is 3. The highest BCUT2D eigenvalue weighted by atomic mass is 32.1. The second kappa shape index (κ2) is 7.03. The molecule has 0 unspecified atom stereocenters. The van der Waals surface area contributed by atoms with Crippen LogP contribution < -0.4 is 5.76 Å². The van der Waals surface area contributed by atoms with Gasteiger partial charge < -0.3 is 14.1 Å². The zero-order valence-corrected chi connectivity index (χ0v) is 15.5. The number of piperidine rings is 1. The Labute approximate surface area is 158 Å². The standard InChI is InChI=1S/C19H18N2O5S/c1-25-18(23)12-4-5-15-14(11-12)21(19(24)26-15)13-6-8-20(9-7-13)17(22)16-3-2-10-27-16/h2-5,10-11,13H,6-9H2,1H3. The van der Waals surface area contributed by atoms with Crippen molar-refractivity contribution in [2.75, 3.05) is 20.2 Å². The molecule has 0 saturated carbocycles. The normalized spacial score (nSPS) is 15.2. The number of carbonyl (C=O) groups excluding carboxylic acids is 2. The second-order valence-corrected chi connectivity index (χ2v) is 7.36. The van der Waals surface area contributed by atoms with Crippen LogP contribution in [-0.2, 0) is 4.74 Å². The maximum absolute atomic E-state index is 12.5. The Morgan fingerprint density at radius 1 is 1.22 bits per heavy atom. The van der Waals surface area contributed by atoms with E-state index in [9.17, 15) is 14.4 Å². The molecule has 4 rings (SSSR count). The molecule has 3 heterocycles. The Bertz CT molecular complexity index is 1040. The van der Waals surface area contributed by atoms with Crippen molar-refractivity contribution < 1.29 is 18.7 Å². The molecule has 0 N–H and O–H groups in total. The van der Waals surface area contributed by atoms with E-state index in [2.05, 4.69) is 0 Å². The SMILES string of the molecule is COC(=O)c1ccc2oc(=O)n(C3CCN(C(=O)c4cccs4)CC3)c2c1. The average Bonchev–Trinajstić information content (AvgIpc) is 3.33. The van der Waals surface area contributed by atoms with Gasteiger partial charge in [0.25, 0.3) is 5.91 Å². The van der Waals surface area contributed by atoms with E-state index >= 15 is 0 Å². The third kappa shape index (κ3) is 3.16. The Kier molecular flexibility index (Phi) is 4.57. The first kappa shape index (κ1) is 17.5. The molecule has 0 radical (unpaired) electrons. The van der Waals surface area contributed by atoms with Crippen LogP contribution in [0.5, 0.6) is 0 Å². The minimum atomic E-state index is -0.464. The summed E-state index contributed by atoms with van der Waals surface area (Å²) in [6, 6.07) is 8.40. The van der Waals surface area contributed by atoms with Gasteiger partial charge in [0.15, 0.2) is 5.58 Å². The molecule has 1 saturated heterocycles. The highest BCUT2D eigenvalue weighted by molar-refractivity contribution is 7.12. The summed E-state index contributed by atoms with van der Waals surface area (Å²) in [6.07, 6.45) is 1.29. The zero-order valence-electron chi connectivity index (χ0n) is 14.7. The lowest BCUT2D eigenvalue weighted by atomic mass is 10.0. The maximum Gasteiger partial charge on any atom is 0.420 e. The van der Waals surface area contributed by atoms with E-state index in [-0.39, 0.29) is 11.9 Å². The summed E-state index contributed by atoms with van der Waals surface area (Å²) >= 11 is 1.43. The van der Waals surface area contributed by atoms with Gasteiger partial charge in [-0.25, -0.2) is 9.59 Å². The summed E-state index contributed by atoms with van der Waals surface area (Å²) in [5, 5.41) is 1.88. The number of methoxy groups -OCH3 is 1. The minimum Gasteiger partial charge on any atom is -0.465 e. The first-order valence-electron chi connectivity index (χ1n) is 8.64. The fourth-order valence-corrected chi connectivity index (χ4v) is 4.20. The minimum absolute atomic E-state index is 0.0285. The number of oxazole rings is 1. The van der Waals surface area contributed by atoms with Crippen molar-refractivity contribution in [3.05, 3.63) is 56.7 Å². The summed E-state index contributed by atoms with van der Waals surface area (Å²) in [5.41, 5.74) is 1.38. The highest BCUT2D eigenvalue weighted by Crippen LogP contribution is 2.27. The fraction of sp³-hybridized carbons (Fsp3) is 0.316. The molecule has 0 bridgehead atoms. The van der Waals surface area contributed by atoms with Crippen LogP contribution in [0.25, 0.3) is 11.1 Å². The van der Waals surface area contributed by atoms with Crippen LogP contribution in [0.2, 0.25) is 0 Å². The third-order valence-corrected chi connectivity index (χ3v) is 5.74. The van der Waals surface area contributed by atoms with Gasteiger partial charge >= 0.3 is 11.7 Å². The van der Waals surface area contributed by atoms with Gasteiger partial charge in [0.05, 0.1) is 23.1 Å². The van der Waals surface area contributed by atoms with Crippen LogP contribution in [0.4, 0.5) is 0 Å². The van der Waals surface area contributed by atoms with Crippen LogP contribution in [0.15, 0.2) is 44.9 Å². The molecule has 140 valence electrons. The molecule has 1 aliphatic rings. The van der Waals surface area contributed by atoms with Gasteiger partial charge in [-0.05, 0) is 42.5 Å². The number of benzene rings is 1. The van der Waals surface area contributed by atoms with E-state index in [4.69, 9.17) is 9.15 Å². The van der Waals surface area contributed by atoms with Crippen molar-refractivity contribution in [2.45, 2.75) is 18.9 Å². The Hall–Kier alpha value is -2.87. The van der Waals surface area contributed by atoms with E-state index in [0.717, 1.165) is 4.88 Å². The maximum atomic E-state index is 12.5. The number of hydrogen-bond acceptors (Lipinski definition) is 6. The smallest absolute Gasteiger partial charge is 0.420 e. The molecule has 3 aromatic rings. The van der Waals surface area contributed by atoms with Gasteiger partial charge in [-0.3, -0.25) is 9.36 Å². The van der Waals surface area contributed by atoms with Crippen LogP contribution in [0.1, 0.15) is 38.9 Å². The summed E-state index contributed by atoms with van der Waals surface area (Å²) in [5.74, 6) is -0.885. The fourth-order valence-electron chi connectivity index (χ4n) is 3.51. The van der Waals surface area contributed by atoms with Crippen molar-refractivity contribution >= 4 is 34.3 Å². The van der Waals surface area contributed by atoms with Gasteiger partial charge in [0.2, 0.25) is 0 Å². The molecule has 27 heavy (non-hydrogen) atoms. The van der Waals surface area contributed by atoms with E-state index < -0.39 is 11.7 Å². The van der Waals surface area contributed by atoms with Crippen molar-refractivity contribution in [1.29, 1.82) is 0 Å². The van der Waals surface area contributed by atoms with E-state index in [0.29, 0.717) is 42.6 Å². The summed E-state index contributed by atoms with van der Waals surface area (Å²) < 4.78 is 11.7. The van der Waals surface area contributed by atoms with E-state index in [1.807, 2.05) is 22.4 Å². The van der Waals surface area contributed by atoms with Gasteiger partial charge in [0.1, 0.15) is 0 Å². The number of esters is 1. The summed E-state index contributed by atoms with van der Waals surface area (Å²) in [6.45, 7) is 1.13. The second-order valence-electron chi connectivity index (χ2n) is 6.41. The molecular weight excluding hydrogens is 368 g/mol. The van der Waals surface area contributed by atoms with Crippen molar-refractivity contribution in [2.24, 2.45) is 0 Å². The highest BCUT2D eigenvalue weighted by Gasteiger charge is 2.28. The number of amides is 1. The Balaban J connectivity index is 1.58. The molecule has 1 aliphatic heterocycles. The molecular formula is C19H18N2O5S. The predicted octanol–water partition coefficient (Wildman–Crippen LogP) is 2.92. The zero-order chi connectivity index (χ0) is 19.0. The van der Waals surface area contributed by atoms with Gasteiger partial charge in [-0.1, -0.05) is 6.07 Å². The lowest BCUT2D eigenvalue weighted by Crippen LogP contribution is -2.40. The molecule has 1 aromatic carbocycles. The van der Waals surface area contributed by atoms with Gasteiger partial charge in [0, 0.05) is 19.1 Å². The Morgan fingerprint density at radius 2 is 2.00 bits per heavy atom. The molecule has 7 nitrogen and oxygen atoms in total. The molecule has 2 aromatic heterocycles. The topological polar surface area (TPSA) is 81.8 Å². The van der Waals surface area contributed by atoms with E-state index in [1.165, 1.54) is 18.4 Å². The van der Waals surface area contributed by atoms with Crippen molar-refractivity contribution in [3.8, 4) is 0 Å². The van der Waals surface area contributed by atoms with Crippen LogP contribution in [0, 0.1) is 0 Å². The van der Waals surface area contributed by atoms with Crippen LogP contribution >= 0.6 is 11.3 Å². The molecule has 8 heteroatoms. The lowest BCUT2D eigenvalue weighted by Gasteiger charge is -2.32. The number of carbonyl (C=O) groups is 2. The van der Waals surface area contributed by atoms with E-state index in [1.54, 1.807) is 22.8 Å². The largest absolute Gasteiger partial charge is 0.465 e. The van der Waals surface area contributed by atoms with Gasteiger partial charge in [-0.2, -0.15) is 0 Å². The molecule has 1 amide bonds.